The number of benzene rings is 1. The molecule has 0 heterocycles. The quantitative estimate of drug-likeness (QED) is 0.851. The van der Waals surface area contributed by atoms with E-state index < -0.39 is 11.0 Å². The fourth-order valence-corrected chi connectivity index (χ4v) is 3.94. The second-order valence-electron chi connectivity index (χ2n) is 5.74. The van der Waals surface area contributed by atoms with Crippen LogP contribution in [0.1, 0.15) is 38.7 Å². The van der Waals surface area contributed by atoms with Gasteiger partial charge in [-0.15, -0.1) is 0 Å². The Labute approximate surface area is 127 Å². The molecule has 102 valence electrons. The Hall–Kier alpha value is -0.560. The molecule has 1 aliphatic rings. The van der Waals surface area contributed by atoms with Crippen LogP contribution in [-0.2, 0) is 5.60 Å². The highest BCUT2D eigenvalue weighted by Gasteiger charge is 2.52. The van der Waals surface area contributed by atoms with Crippen molar-refractivity contribution in [3.05, 3.63) is 33.3 Å². The van der Waals surface area contributed by atoms with Crippen molar-refractivity contribution < 1.29 is 5.11 Å². The minimum absolute atomic E-state index is 0.459. The van der Waals surface area contributed by atoms with Crippen molar-refractivity contribution in [2.45, 2.75) is 38.7 Å². The highest BCUT2D eigenvalue weighted by Crippen LogP contribution is 2.53. The summed E-state index contributed by atoms with van der Waals surface area (Å²) in [5.74, 6) is 0.459. The lowest BCUT2D eigenvalue weighted by Crippen LogP contribution is -2.41. The predicted octanol–water partition coefficient (Wildman–Crippen LogP) is 4.64. The van der Waals surface area contributed by atoms with E-state index in [4.69, 9.17) is 11.6 Å². The van der Waals surface area contributed by atoms with Gasteiger partial charge in [-0.25, -0.2) is 0 Å². The van der Waals surface area contributed by atoms with Crippen LogP contribution in [0.2, 0.25) is 5.02 Å². The first kappa shape index (κ1) is 14.8. The molecule has 1 aromatic carbocycles. The molecule has 1 aromatic rings. The molecular formula is C15H17BrClNO. The molecule has 3 atom stereocenters. The standard InChI is InChI=1S/C15H17BrClNO/c1-10-5-6-15(8-10,9-18)14(2,19)12-4-3-11(16)7-13(12)17/h3-4,7,10,19H,5-6,8H2,1-2H3. The summed E-state index contributed by atoms with van der Waals surface area (Å²) in [4.78, 5) is 0. The maximum atomic E-state index is 11.0. The molecule has 3 unspecified atom stereocenters. The maximum absolute atomic E-state index is 11.0. The van der Waals surface area contributed by atoms with Gasteiger partial charge in [0, 0.05) is 15.1 Å². The monoisotopic (exact) mass is 341 g/mol. The number of nitriles is 1. The van der Waals surface area contributed by atoms with E-state index >= 15 is 0 Å². The number of aliphatic hydroxyl groups is 1. The SMILES string of the molecule is CC1CCC(C#N)(C(C)(O)c2ccc(Br)cc2Cl)C1. The molecule has 0 spiro atoms. The Morgan fingerprint density at radius 1 is 1.58 bits per heavy atom. The first-order valence-corrected chi connectivity index (χ1v) is 7.59. The summed E-state index contributed by atoms with van der Waals surface area (Å²) in [6.07, 6.45) is 2.39. The van der Waals surface area contributed by atoms with Crippen molar-refractivity contribution >= 4 is 27.5 Å². The van der Waals surface area contributed by atoms with Crippen LogP contribution in [0.3, 0.4) is 0 Å². The van der Waals surface area contributed by atoms with Crippen molar-refractivity contribution in [1.29, 1.82) is 5.26 Å². The number of hydrogen-bond donors (Lipinski definition) is 1. The van der Waals surface area contributed by atoms with Gasteiger partial charge in [-0.05, 0) is 44.2 Å². The number of nitrogens with zero attached hydrogens (tertiary/aromatic N) is 1. The third-order valence-electron chi connectivity index (χ3n) is 4.36. The Bertz CT molecular complexity index is 537. The van der Waals surface area contributed by atoms with E-state index in [1.165, 1.54) is 0 Å². The van der Waals surface area contributed by atoms with E-state index in [0.29, 0.717) is 29.3 Å². The molecule has 0 bridgehead atoms. The highest BCUT2D eigenvalue weighted by molar-refractivity contribution is 9.10. The van der Waals surface area contributed by atoms with E-state index in [2.05, 4.69) is 28.9 Å². The summed E-state index contributed by atoms with van der Waals surface area (Å²) in [6.45, 7) is 3.84. The van der Waals surface area contributed by atoms with Crippen LogP contribution >= 0.6 is 27.5 Å². The molecule has 0 amide bonds. The molecule has 1 N–H and O–H groups in total. The third kappa shape index (κ3) is 2.42. The van der Waals surface area contributed by atoms with Crippen LogP contribution < -0.4 is 0 Å². The highest BCUT2D eigenvalue weighted by atomic mass is 79.9. The van der Waals surface area contributed by atoms with Crippen molar-refractivity contribution in [3.63, 3.8) is 0 Å². The fraction of sp³-hybridized carbons (Fsp3) is 0.533. The third-order valence-corrected chi connectivity index (χ3v) is 5.17. The lowest BCUT2D eigenvalue weighted by molar-refractivity contribution is -0.0437. The lowest BCUT2D eigenvalue weighted by atomic mass is 9.68. The molecule has 1 fully saturated rings. The zero-order chi connectivity index (χ0) is 14.3. The van der Waals surface area contributed by atoms with Gasteiger partial charge < -0.3 is 5.11 Å². The van der Waals surface area contributed by atoms with E-state index in [1.54, 1.807) is 19.1 Å². The average Bonchev–Trinajstić information content (AvgIpc) is 2.72. The molecule has 1 aliphatic carbocycles. The zero-order valence-corrected chi connectivity index (χ0v) is 13.4. The predicted molar refractivity (Wildman–Crippen MR) is 79.8 cm³/mol. The fourth-order valence-electron chi connectivity index (χ4n) is 3.09. The Morgan fingerprint density at radius 3 is 2.74 bits per heavy atom. The second-order valence-corrected chi connectivity index (χ2v) is 7.06. The Kier molecular flexibility index (Phi) is 3.97. The minimum atomic E-state index is -1.23. The Morgan fingerprint density at radius 2 is 2.26 bits per heavy atom. The van der Waals surface area contributed by atoms with Gasteiger partial charge in [0.05, 0.1) is 11.5 Å². The summed E-state index contributed by atoms with van der Waals surface area (Å²) in [7, 11) is 0. The number of halogens is 2. The van der Waals surface area contributed by atoms with Crippen LogP contribution in [0.25, 0.3) is 0 Å². The summed E-state index contributed by atoms with van der Waals surface area (Å²) < 4.78 is 0.864. The van der Waals surface area contributed by atoms with Crippen molar-refractivity contribution in [1.82, 2.24) is 0 Å². The van der Waals surface area contributed by atoms with E-state index in [1.807, 2.05) is 6.07 Å². The molecule has 0 aromatic heterocycles. The van der Waals surface area contributed by atoms with Crippen molar-refractivity contribution in [2.75, 3.05) is 0 Å². The van der Waals surface area contributed by atoms with Crippen molar-refractivity contribution in [3.8, 4) is 6.07 Å². The number of hydrogen-bond acceptors (Lipinski definition) is 2. The van der Waals surface area contributed by atoms with Crippen LogP contribution in [-0.4, -0.2) is 5.11 Å². The smallest absolute Gasteiger partial charge is 0.107 e. The van der Waals surface area contributed by atoms with Gasteiger partial charge in [0.15, 0.2) is 0 Å². The molecule has 0 saturated heterocycles. The maximum Gasteiger partial charge on any atom is 0.107 e. The summed E-state index contributed by atoms with van der Waals surface area (Å²) in [6, 6.07) is 7.77. The van der Waals surface area contributed by atoms with Gasteiger partial charge in [0.2, 0.25) is 0 Å². The normalized spacial score (nSPS) is 29.8. The van der Waals surface area contributed by atoms with Gasteiger partial charge in [-0.2, -0.15) is 5.26 Å². The van der Waals surface area contributed by atoms with E-state index in [-0.39, 0.29) is 0 Å². The van der Waals surface area contributed by atoms with E-state index in [9.17, 15) is 10.4 Å². The molecule has 19 heavy (non-hydrogen) atoms. The van der Waals surface area contributed by atoms with Crippen LogP contribution in [0.15, 0.2) is 22.7 Å². The summed E-state index contributed by atoms with van der Waals surface area (Å²) >= 11 is 9.60. The average molecular weight is 343 g/mol. The topological polar surface area (TPSA) is 44.0 Å². The van der Waals surface area contributed by atoms with Gasteiger partial charge >= 0.3 is 0 Å². The van der Waals surface area contributed by atoms with Gasteiger partial charge in [0.1, 0.15) is 5.60 Å². The molecule has 2 rings (SSSR count). The Balaban J connectivity index is 2.49. The summed E-state index contributed by atoms with van der Waals surface area (Å²) in [5, 5.41) is 21.1. The first-order valence-electron chi connectivity index (χ1n) is 6.41. The molecule has 4 heteroatoms. The molecule has 2 nitrogen and oxygen atoms in total. The van der Waals surface area contributed by atoms with Crippen molar-refractivity contribution in [2.24, 2.45) is 11.3 Å². The van der Waals surface area contributed by atoms with Crippen LogP contribution in [0, 0.1) is 22.7 Å². The lowest BCUT2D eigenvalue weighted by Gasteiger charge is -2.38. The van der Waals surface area contributed by atoms with Crippen LogP contribution in [0.4, 0.5) is 0 Å². The molecular weight excluding hydrogens is 326 g/mol. The van der Waals surface area contributed by atoms with E-state index in [0.717, 1.165) is 10.9 Å². The first-order chi connectivity index (χ1) is 8.82. The second kappa shape index (κ2) is 5.09. The largest absolute Gasteiger partial charge is 0.384 e. The van der Waals surface area contributed by atoms with Gasteiger partial charge in [-0.1, -0.05) is 40.5 Å². The van der Waals surface area contributed by atoms with Gasteiger partial charge in [-0.3, -0.25) is 0 Å². The summed E-state index contributed by atoms with van der Waals surface area (Å²) in [5.41, 5.74) is -1.35. The molecule has 0 radical (unpaired) electrons. The van der Waals surface area contributed by atoms with Crippen LogP contribution in [0.5, 0.6) is 0 Å². The zero-order valence-electron chi connectivity index (χ0n) is 11.1. The number of rotatable bonds is 2. The molecule has 1 saturated carbocycles. The molecule has 0 aliphatic heterocycles. The minimum Gasteiger partial charge on any atom is -0.384 e. The van der Waals surface area contributed by atoms with Gasteiger partial charge in [0.25, 0.3) is 0 Å².